The van der Waals surface area contributed by atoms with E-state index < -0.39 is 0 Å². The Labute approximate surface area is 122 Å². The Morgan fingerprint density at radius 3 is 2.38 bits per heavy atom. The lowest BCUT2D eigenvalue weighted by Crippen LogP contribution is -1.95. The van der Waals surface area contributed by atoms with Crippen molar-refractivity contribution >= 4 is 0 Å². The summed E-state index contributed by atoms with van der Waals surface area (Å²) >= 11 is 0. The van der Waals surface area contributed by atoms with E-state index >= 15 is 0 Å². The lowest BCUT2D eigenvalue weighted by atomic mass is 10.1. The lowest BCUT2D eigenvalue weighted by molar-refractivity contribution is 0.340. The van der Waals surface area contributed by atoms with Gasteiger partial charge in [-0.1, -0.05) is 12.1 Å². The van der Waals surface area contributed by atoms with Crippen LogP contribution in [0.5, 0.6) is 5.75 Å². The van der Waals surface area contributed by atoms with Crippen LogP contribution in [-0.2, 0) is 0 Å². The number of aromatic nitrogens is 2. The van der Waals surface area contributed by atoms with Crippen LogP contribution in [0.4, 0.5) is 4.39 Å². The number of halogens is 1. The highest BCUT2D eigenvalue weighted by molar-refractivity contribution is 5.62. The molecule has 0 amide bonds. The van der Waals surface area contributed by atoms with Crippen molar-refractivity contribution in [2.75, 3.05) is 6.61 Å². The fraction of sp³-hybridized carbons (Fsp3) is 0.118. The summed E-state index contributed by atoms with van der Waals surface area (Å²) in [6.07, 6.45) is 3.69. The van der Waals surface area contributed by atoms with E-state index in [4.69, 9.17) is 4.74 Å². The average molecular weight is 282 g/mol. The normalized spacial score (nSPS) is 10.6. The van der Waals surface area contributed by atoms with Crippen molar-refractivity contribution in [3.8, 4) is 22.6 Å². The second kappa shape index (κ2) is 5.79. The Morgan fingerprint density at radius 2 is 1.71 bits per heavy atom. The fourth-order valence-electron chi connectivity index (χ4n) is 2.12. The van der Waals surface area contributed by atoms with E-state index in [1.165, 1.54) is 12.1 Å². The summed E-state index contributed by atoms with van der Waals surface area (Å²) in [6.45, 7) is 2.60. The highest BCUT2D eigenvalue weighted by atomic mass is 19.1. The molecule has 0 spiro atoms. The molecule has 3 rings (SSSR count). The first-order valence-electron chi connectivity index (χ1n) is 6.80. The minimum atomic E-state index is -0.238. The largest absolute Gasteiger partial charge is 0.494 e. The zero-order chi connectivity index (χ0) is 14.7. The van der Waals surface area contributed by atoms with Gasteiger partial charge in [0.15, 0.2) is 0 Å². The summed E-state index contributed by atoms with van der Waals surface area (Å²) in [7, 11) is 0. The fourth-order valence-corrected chi connectivity index (χ4v) is 2.12. The second-order valence-corrected chi connectivity index (χ2v) is 4.61. The van der Waals surface area contributed by atoms with Crippen LogP contribution >= 0.6 is 0 Å². The van der Waals surface area contributed by atoms with Gasteiger partial charge in [-0.15, -0.1) is 0 Å². The maximum absolute atomic E-state index is 12.9. The first-order chi connectivity index (χ1) is 10.3. The molecular weight excluding hydrogens is 267 g/mol. The molecule has 3 nitrogen and oxygen atoms in total. The quantitative estimate of drug-likeness (QED) is 0.721. The van der Waals surface area contributed by atoms with E-state index in [0.717, 1.165) is 22.6 Å². The monoisotopic (exact) mass is 282 g/mol. The predicted octanol–water partition coefficient (Wildman–Crippen LogP) is 4.08. The van der Waals surface area contributed by atoms with Crippen LogP contribution in [0, 0.1) is 5.82 Å². The van der Waals surface area contributed by atoms with Crippen LogP contribution in [0.1, 0.15) is 6.92 Å². The molecule has 0 unspecified atom stereocenters. The summed E-state index contributed by atoms with van der Waals surface area (Å²) in [5.74, 6) is 0.602. The Kier molecular flexibility index (Phi) is 3.69. The molecule has 0 saturated heterocycles. The van der Waals surface area contributed by atoms with Crippen molar-refractivity contribution in [1.29, 1.82) is 0 Å². The minimum Gasteiger partial charge on any atom is -0.494 e. The van der Waals surface area contributed by atoms with E-state index in [0.29, 0.717) is 6.61 Å². The van der Waals surface area contributed by atoms with E-state index in [1.807, 2.05) is 37.4 Å². The van der Waals surface area contributed by atoms with Crippen molar-refractivity contribution in [3.05, 3.63) is 66.7 Å². The zero-order valence-electron chi connectivity index (χ0n) is 11.7. The van der Waals surface area contributed by atoms with Gasteiger partial charge in [-0.25, -0.2) is 9.07 Å². The molecule has 0 saturated carbocycles. The standard InChI is InChI=1S/C17H15FN2O/c1-2-21-17-9-7-16(8-10-17)20-12-14(11-19-20)13-3-5-15(18)6-4-13/h3-12H,2H2,1H3. The van der Waals surface area contributed by atoms with Crippen LogP contribution < -0.4 is 4.74 Å². The first-order valence-corrected chi connectivity index (χ1v) is 6.80. The SMILES string of the molecule is CCOc1ccc(-n2cc(-c3ccc(F)cc3)cn2)cc1. The van der Waals surface area contributed by atoms with Crippen molar-refractivity contribution in [3.63, 3.8) is 0 Å². The Balaban J connectivity index is 1.85. The predicted molar refractivity (Wildman–Crippen MR) is 80.1 cm³/mol. The van der Waals surface area contributed by atoms with Crippen LogP contribution in [0.2, 0.25) is 0 Å². The highest BCUT2D eigenvalue weighted by Gasteiger charge is 2.04. The van der Waals surface area contributed by atoms with Crippen molar-refractivity contribution in [2.45, 2.75) is 6.92 Å². The third-order valence-electron chi connectivity index (χ3n) is 3.17. The van der Waals surface area contributed by atoms with E-state index in [9.17, 15) is 4.39 Å². The first kappa shape index (κ1) is 13.4. The molecule has 3 aromatic rings. The summed E-state index contributed by atoms with van der Waals surface area (Å²) in [5, 5.41) is 4.34. The summed E-state index contributed by atoms with van der Waals surface area (Å²) in [4.78, 5) is 0. The van der Waals surface area contributed by atoms with Gasteiger partial charge in [-0.3, -0.25) is 0 Å². The van der Waals surface area contributed by atoms with Gasteiger partial charge in [0.2, 0.25) is 0 Å². The number of rotatable bonds is 4. The Bertz CT molecular complexity index is 717. The van der Waals surface area contributed by atoms with Crippen LogP contribution in [-0.4, -0.2) is 16.4 Å². The van der Waals surface area contributed by atoms with Crippen molar-refractivity contribution < 1.29 is 9.13 Å². The van der Waals surface area contributed by atoms with Gasteiger partial charge in [-0.05, 0) is 48.9 Å². The molecule has 0 radical (unpaired) electrons. The molecule has 2 aromatic carbocycles. The van der Waals surface area contributed by atoms with Gasteiger partial charge in [-0.2, -0.15) is 5.10 Å². The Morgan fingerprint density at radius 1 is 1.00 bits per heavy atom. The second-order valence-electron chi connectivity index (χ2n) is 4.61. The van der Waals surface area contributed by atoms with Gasteiger partial charge in [0.05, 0.1) is 18.5 Å². The molecule has 1 heterocycles. The highest BCUT2D eigenvalue weighted by Crippen LogP contribution is 2.21. The minimum absolute atomic E-state index is 0.238. The van der Waals surface area contributed by atoms with Gasteiger partial charge in [0.25, 0.3) is 0 Å². The van der Waals surface area contributed by atoms with Gasteiger partial charge < -0.3 is 4.74 Å². The average Bonchev–Trinajstić information content (AvgIpc) is 2.99. The molecule has 0 aliphatic heterocycles. The maximum Gasteiger partial charge on any atom is 0.123 e. The molecular formula is C17H15FN2O. The molecule has 21 heavy (non-hydrogen) atoms. The summed E-state index contributed by atoms with van der Waals surface area (Å²) in [5.41, 5.74) is 2.84. The molecule has 0 N–H and O–H groups in total. The molecule has 106 valence electrons. The van der Waals surface area contributed by atoms with Crippen molar-refractivity contribution in [2.24, 2.45) is 0 Å². The molecule has 0 aliphatic rings. The maximum atomic E-state index is 12.9. The Hall–Kier alpha value is -2.62. The summed E-state index contributed by atoms with van der Waals surface area (Å²) < 4.78 is 20.1. The number of hydrogen-bond donors (Lipinski definition) is 0. The molecule has 0 aliphatic carbocycles. The van der Waals surface area contributed by atoms with E-state index in [2.05, 4.69) is 5.10 Å². The summed E-state index contributed by atoms with van der Waals surface area (Å²) in [6, 6.07) is 14.1. The molecule has 4 heteroatoms. The van der Waals surface area contributed by atoms with Gasteiger partial charge in [0, 0.05) is 11.8 Å². The van der Waals surface area contributed by atoms with Gasteiger partial charge in [0.1, 0.15) is 11.6 Å². The van der Waals surface area contributed by atoms with Crippen LogP contribution in [0.3, 0.4) is 0 Å². The molecule has 0 atom stereocenters. The van der Waals surface area contributed by atoms with Crippen LogP contribution in [0.25, 0.3) is 16.8 Å². The van der Waals surface area contributed by atoms with E-state index in [1.54, 1.807) is 23.0 Å². The molecule has 0 fully saturated rings. The van der Waals surface area contributed by atoms with Crippen LogP contribution in [0.15, 0.2) is 60.9 Å². The topological polar surface area (TPSA) is 27.1 Å². The van der Waals surface area contributed by atoms with E-state index in [-0.39, 0.29) is 5.82 Å². The molecule has 1 aromatic heterocycles. The zero-order valence-corrected chi connectivity index (χ0v) is 11.7. The number of nitrogens with zero attached hydrogens (tertiary/aromatic N) is 2. The number of hydrogen-bond acceptors (Lipinski definition) is 2. The molecule has 0 bridgehead atoms. The third kappa shape index (κ3) is 2.94. The number of benzene rings is 2. The van der Waals surface area contributed by atoms with Crippen molar-refractivity contribution in [1.82, 2.24) is 9.78 Å². The van der Waals surface area contributed by atoms with Gasteiger partial charge >= 0.3 is 0 Å². The lowest BCUT2D eigenvalue weighted by Gasteiger charge is -2.04. The number of ether oxygens (including phenoxy) is 1. The third-order valence-corrected chi connectivity index (χ3v) is 3.17. The smallest absolute Gasteiger partial charge is 0.123 e.